The number of rotatable bonds is 5. The zero-order valence-electron chi connectivity index (χ0n) is 7.50. The van der Waals surface area contributed by atoms with Crippen LogP contribution in [0.2, 0.25) is 0 Å². The Morgan fingerprint density at radius 2 is 1.82 bits per heavy atom. The Labute approximate surface area is 71.7 Å². The van der Waals surface area contributed by atoms with Crippen LogP contribution in [0.1, 0.15) is 33.6 Å². The predicted octanol–water partition coefficient (Wildman–Crippen LogP) is 1.94. The first-order valence-corrected chi connectivity index (χ1v) is 5.32. The lowest BCUT2D eigenvalue weighted by atomic mass is 10.0. The minimum Gasteiger partial charge on any atom is -0.772 e. The van der Waals surface area contributed by atoms with E-state index < -0.39 is 11.1 Å². The normalized spacial score (nSPS) is 16.8. The molecule has 3 heteroatoms. The van der Waals surface area contributed by atoms with Crippen LogP contribution in [0.3, 0.4) is 0 Å². The summed E-state index contributed by atoms with van der Waals surface area (Å²) in [5.74, 6) is 1.31. The minimum absolute atomic E-state index is 0.312. The van der Waals surface area contributed by atoms with Crippen LogP contribution < -0.4 is 0 Å². The van der Waals surface area contributed by atoms with Crippen molar-refractivity contribution in [2.24, 2.45) is 11.8 Å². The molecule has 0 aliphatic rings. The Bertz CT molecular complexity index is 123. The molecule has 2 nitrogen and oxygen atoms in total. The van der Waals surface area contributed by atoms with E-state index in [1.807, 2.05) is 6.92 Å². The Balaban J connectivity index is 3.37. The van der Waals surface area contributed by atoms with Crippen molar-refractivity contribution >= 4 is 11.1 Å². The van der Waals surface area contributed by atoms with Gasteiger partial charge in [0.25, 0.3) is 0 Å². The van der Waals surface area contributed by atoms with Gasteiger partial charge >= 0.3 is 0 Å². The summed E-state index contributed by atoms with van der Waals surface area (Å²) < 4.78 is 20.5. The van der Waals surface area contributed by atoms with Crippen molar-refractivity contribution in [3.05, 3.63) is 0 Å². The summed E-state index contributed by atoms with van der Waals surface area (Å²) in [6, 6.07) is 0. The van der Waals surface area contributed by atoms with Gasteiger partial charge in [0.1, 0.15) is 0 Å². The lowest BCUT2D eigenvalue weighted by Gasteiger charge is -2.13. The molecule has 0 rings (SSSR count). The maximum atomic E-state index is 10.3. The highest BCUT2D eigenvalue weighted by molar-refractivity contribution is 7.79. The molecule has 0 aliphatic heterocycles. The second kappa shape index (κ2) is 5.72. The summed E-state index contributed by atoms with van der Waals surface area (Å²) in [7, 11) is 0. The van der Waals surface area contributed by atoms with Crippen molar-refractivity contribution in [3.8, 4) is 0 Å². The van der Waals surface area contributed by atoms with Crippen molar-refractivity contribution < 1.29 is 8.76 Å². The van der Waals surface area contributed by atoms with Gasteiger partial charge in [0, 0.05) is 5.75 Å². The Kier molecular flexibility index (Phi) is 5.78. The third kappa shape index (κ3) is 8.01. The molecule has 2 unspecified atom stereocenters. The second-order valence-corrected chi connectivity index (χ2v) is 4.49. The molecule has 0 saturated heterocycles. The predicted molar refractivity (Wildman–Crippen MR) is 47.0 cm³/mol. The molecule has 11 heavy (non-hydrogen) atoms. The fourth-order valence-corrected chi connectivity index (χ4v) is 1.56. The molecule has 68 valence electrons. The third-order valence-electron chi connectivity index (χ3n) is 1.66. The van der Waals surface area contributed by atoms with Gasteiger partial charge in [-0.15, -0.1) is 0 Å². The highest BCUT2D eigenvalue weighted by atomic mass is 32.2. The van der Waals surface area contributed by atoms with Crippen LogP contribution in [-0.4, -0.2) is 14.5 Å². The molecule has 0 heterocycles. The summed E-state index contributed by atoms with van der Waals surface area (Å²) in [5.41, 5.74) is 0. The van der Waals surface area contributed by atoms with Crippen molar-refractivity contribution in [3.63, 3.8) is 0 Å². The molecule has 0 radical (unpaired) electrons. The monoisotopic (exact) mass is 177 g/mol. The van der Waals surface area contributed by atoms with Crippen molar-refractivity contribution in [1.82, 2.24) is 0 Å². The highest BCUT2D eigenvalue weighted by Crippen LogP contribution is 2.11. The smallest absolute Gasteiger partial charge is 0.0127 e. The van der Waals surface area contributed by atoms with Gasteiger partial charge < -0.3 is 4.55 Å². The van der Waals surface area contributed by atoms with Crippen molar-refractivity contribution in [2.75, 3.05) is 5.75 Å². The molecule has 0 amide bonds. The van der Waals surface area contributed by atoms with E-state index in [-0.39, 0.29) is 0 Å². The topological polar surface area (TPSA) is 40.1 Å². The van der Waals surface area contributed by atoms with E-state index in [1.165, 1.54) is 0 Å². The maximum Gasteiger partial charge on any atom is 0.0127 e. The summed E-state index contributed by atoms with van der Waals surface area (Å²) in [4.78, 5) is 0. The van der Waals surface area contributed by atoms with Crippen molar-refractivity contribution in [2.45, 2.75) is 33.6 Å². The van der Waals surface area contributed by atoms with Crippen LogP contribution in [0.4, 0.5) is 0 Å². The van der Waals surface area contributed by atoms with Gasteiger partial charge in [0.05, 0.1) is 0 Å². The quantitative estimate of drug-likeness (QED) is 0.602. The van der Waals surface area contributed by atoms with Gasteiger partial charge in [-0.05, 0) is 18.3 Å². The van der Waals surface area contributed by atoms with Crippen LogP contribution in [0, 0.1) is 11.8 Å². The molecule has 0 aromatic rings. The molecule has 0 spiro atoms. The SMILES string of the molecule is CC(C)CCC(C)CS(=O)[O-]. The molecule has 0 bridgehead atoms. The molecule has 0 aromatic carbocycles. The van der Waals surface area contributed by atoms with Crippen LogP contribution in [-0.2, 0) is 11.1 Å². The molecular formula is C8H17O2S-. The maximum absolute atomic E-state index is 10.3. The van der Waals surface area contributed by atoms with Gasteiger partial charge in [-0.25, -0.2) is 0 Å². The van der Waals surface area contributed by atoms with Crippen LogP contribution in [0.5, 0.6) is 0 Å². The Morgan fingerprint density at radius 1 is 1.27 bits per heavy atom. The average Bonchev–Trinajstić information content (AvgIpc) is 1.82. The lowest BCUT2D eigenvalue weighted by Crippen LogP contribution is -2.07. The average molecular weight is 177 g/mol. The summed E-state index contributed by atoms with van der Waals surface area (Å²) in [6.45, 7) is 6.29. The first-order valence-electron chi connectivity index (χ1n) is 4.08. The van der Waals surface area contributed by atoms with E-state index in [1.54, 1.807) is 0 Å². The fraction of sp³-hybridized carbons (Fsp3) is 1.00. The van der Waals surface area contributed by atoms with Crippen LogP contribution in [0.15, 0.2) is 0 Å². The van der Waals surface area contributed by atoms with Crippen LogP contribution >= 0.6 is 0 Å². The van der Waals surface area contributed by atoms with Gasteiger partial charge in [-0.2, -0.15) is 0 Å². The summed E-state index contributed by atoms with van der Waals surface area (Å²) in [5, 5.41) is 0. The largest absolute Gasteiger partial charge is 0.772 e. The van der Waals surface area contributed by atoms with Gasteiger partial charge in [-0.3, -0.25) is 4.21 Å². The zero-order chi connectivity index (χ0) is 8.85. The van der Waals surface area contributed by atoms with E-state index in [0.717, 1.165) is 12.8 Å². The zero-order valence-corrected chi connectivity index (χ0v) is 8.32. The highest BCUT2D eigenvalue weighted by Gasteiger charge is 2.03. The summed E-state index contributed by atoms with van der Waals surface area (Å²) in [6.07, 6.45) is 2.14. The second-order valence-electron chi connectivity index (χ2n) is 3.55. The number of hydrogen-bond donors (Lipinski definition) is 0. The first kappa shape index (κ1) is 11.1. The van der Waals surface area contributed by atoms with Gasteiger partial charge in [-0.1, -0.05) is 38.3 Å². The van der Waals surface area contributed by atoms with Crippen LogP contribution in [0.25, 0.3) is 0 Å². The van der Waals surface area contributed by atoms with E-state index in [0.29, 0.717) is 17.6 Å². The molecule has 0 saturated carbocycles. The molecule has 0 N–H and O–H groups in total. The Hall–Kier alpha value is 0.110. The standard InChI is InChI=1S/C8H18O2S/c1-7(2)4-5-8(3)6-11(9)10/h7-8H,4-6H2,1-3H3,(H,9,10)/p-1. The molecule has 2 atom stereocenters. The third-order valence-corrected chi connectivity index (χ3v) is 2.50. The van der Waals surface area contributed by atoms with E-state index >= 15 is 0 Å². The van der Waals surface area contributed by atoms with Gasteiger partial charge in [0.15, 0.2) is 0 Å². The lowest BCUT2D eigenvalue weighted by molar-refractivity contribution is 0.463. The summed E-state index contributed by atoms with van der Waals surface area (Å²) >= 11 is -1.86. The van der Waals surface area contributed by atoms with E-state index in [4.69, 9.17) is 0 Å². The molecule has 0 aromatic heterocycles. The fourth-order valence-electron chi connectivity index (χ4n) is 0.933. The first-order chi connectivity index (χ1) is 5.02. The number of hydrogen-bond acceptors (Lipinski definition) is 2. The van der Waals surface area contributed by atoms with Gasteiger partial charge in [0.2, 0.25) is 0 Å². The molecule has 0 aliphatic carbocycles. The molecular weight excluding hydrogens is 160 g/mol. The Morgan fingerprint density at radius 3 is 2.18 bits per heavy atom. The van der Waals surface area contributed by atoms with Crippen molar-refractivity contribution in [1.29, 1.82) is 0 Å². The van der Waals surface area contributed by atoms with E-state index in [2.05, 4.69) is 13.8 Å². The minimum atomic E-state index is -1.86. The molecule has 0 fully saturated rings. The van der Waals surface area contributed by atoms with E-state index in [9.17, 15) is 8.76 Å².